The van der Waals surface area contributed by atoms with E-state index in [2.05, 4.69) is 36.2 Å². The maximum atomic E-state index is 4.88. The summed E-state index contributed by atoms with van der Waals surface area (Å²) in [6.45, 7) is 9.10. The van der Waals surface area contributed by atoms with Gasteiger partial charge in [-0.05, 0) is 12.8 Å². The van der Waals surface area contributed by atoms with Crippen LogP contribution >= 0.6 is 0 Å². The van der Waals surface area contributed by atoms with Gasteiger partial charge < -0.3 is 9.84 Å². The molecule has 0 amide bonds. The third-order valence-electron chi connectivity index (χ3n) is 2.65. The van der Waals surface area contributed by atoms with Crippen molar-refractivity contribution in [1.29, 1.82) is 0 Å². The molecule has 1 heterocycles. The lowest BCUT2D eigenvalue weighted by Crippen LogP contribution is -2.31. The summed E-state index contributed by atoms with van der Waals surface area (Å²) in [4.78, 5) is 4.13. The van der Waals surface area contributed by atoms with Gasteiger partial charge in [0.05, 0.1) is 6.54 Å². The van der Waals surface area contributed by atoms with Crippen LogP contribution in [-0.2, 0) is 6.54 Å². The molecule has 0 radical (unpaired) electrons. The highest BCUT2D eigenvalue weighted by atomic mass is 16.5. The molecule has 1 N–H and O–H groups in total. The van der Waals surface area contributed by atoms with Gasteiger partial charge in [-0.1, -0.05) is 25.4 Å². The molecule has 0 aliphatic rings. The summed E-state index contributed by atoms with van der Waals surface area (Å²) in [6, 6.07) is 0.485. The molecule has 2 unspecified atom stereocenters. The third kappa shape index (κ3) is 3.10. The zero-order valence-electron chi connectivity index (χ0n) is 9.37. The zero-order chi connectivity index (χ0) is 10.6. The molecule has 4 nitrogen and oxygen atoms in total. The van der Waals surface area contributed by atoms with Crippen LogP contribution in [0.1, 0.15) is 38.9 Å². The van der Waals surface area contributed by atoms with Crippen LogP contribution in [0.3, 0.4) is 0 Å². The first-order valence-corrected chi connectivity index (χ1v) is 5.16. The van der Waals surface area contributed by atoms with Crippen LogP contribution in [0.2, 0.25) is 0 Å². The van der Waals surface area contributed by atoms with E-state index in [9.17, 15) is 0 Å². The van der Waals surface area contributed by atoms with Crippen molar-refractivity contribution in [2.75, 3.05) is 0 Å². The number of nitrogens with one attached hydrogen (secondary N) is 1. The fourth-order valence-corrected chi connectivity index (χ4v) is 1.22. The number of rotatable bonds is 5. The predicted molar refractivity (Wildman–Crippen MR) is 54.8 cm³/mol. The summed E-state index contributed by atoms with van der Waals surface area (Å²) in [5.74, 6) is 2.03. The molecule has 0 aliphatic heterocycles. The minimum absolute atomic E-state index is 0.485. The molecule has 2 atom stereocenters. The van der Waals surface area contributed by atoms with Gasteiger partial charge in [0.25, 0.3) is 0 Å². The number of hydrogen-bond acceptors (Lipinski definition) is 4. The monoisotopic (exact) mass is 197 g/mol. The van der Waals surface area contributed by atoms with E-state index in [1.54, 1.807) is 6.92 Å². The maximum Gasteiger partial charge on any atom is 0.223 e. The van der Waals surface area contributed by atoms with Crippen LogP contribution in [0.5, 0.6) is 0 Å². The second kappa shape index (κ2) is 5.10. The van der Waals surface area contributed by atoms with Gasteiger partial charge in [0, 0.05) is 13.0 Å². The molecule has 80 valence electrons. The van der Waals surface area contributed by atoms with Crippen LogP contribution in [-0.4, -0.2) is 16.2 Å². The summed E-state index contributed by atoms with van der Waals surface area (Å²) in [5.41, 5.74) is 0. The van der Waals surface area contributed by atoms with Crippen LogP contribution in [0.4, 0.5) is 0 Å². The minimum atomic E-state index is 0.485. The molecule has 0 aromatic carbocycles. The fraction of sp³-hybridized carbons (Fsp3) is 0.800. The topological polar surface area (TPSA) is 51.0 Å². The number of hydrogen-bond donors (Lipinski definition) is 1. The molecule has 0 aliphatic carbocycles. The number of aryl methyl sites for hydroxylation is 1. The second-order valence-electron chi connectivity index (χ2n) is 3.78. The maximum absolute atomic E-state index is 4.88. The van der Waals surface area contributed by atoms with E-state index in [1.165, 1.54) is 6.42 Å². The Bertz CT molecular complexity index is 272. The second-order valence-corrected chi connectivity index (χ2v) is 3.78. The van der Waals surface area contributed by atoms with Crippen molar-refractivity contribution in [3.63, 3.8) is 0 Å². The lowest BCUT2D eigenvalue weighted by Gasteiger charge is -2.18. The fourth-order valence-electron chi connectivity index (χ4n) is 1.22. The Hall–Kier alpha value is -0.900. The van der Waals surface area contributed by atoms with Crippen molar-refractivity contribution in [2.24, 2.45) is 5.92 Å². The first-order chi connectivity index (χ1) is 6.63. The highest BCUT2D eigenvalue weighted by molar-refractivity contribution is 4.84. The Balaban J connectivity index is 2.33. The average Bonchev–Trinajstić information content (AvgIpc) is 2.59. The molecule has 4 heteroatoms. The standard InChI is InChI=1S/C10H19N3O/c1-5-7(2)8(3)11-6-10-12-9(4)14-13-10/h7-8,11H,5-6H2,1-4H3. The molecule has 14 heavy (non-hydrogen) atoms. The summed E-state index contributed by atoms with van der Waals surface area (Å²) in [6.07, 6.45) is 1.18. The van der Waals surface area contributed by atoms with E-state index >= 15 is 0 Å². The van der Waals surface area contributed by atoms with Crippen molar-refractivity contribution in [3.05, 3.63) is 11.7 Å². The third-order valence-corrected chi connectivity index (χ3v) is 2.65. The lowest BCUT2D eigenvalue weighted by molar-refractivity contribution is 0.367. The summed E-state index contributed by atoms with van der Waals surface area (Å²) in [5, 5.41) is 7.20. The molecule has 0 fully saturated rings. The van der Waals surface area contributed by atoms with E-state index in [4.69, 9.17) is 4.52 Å². The molecule has 1 aromatic rings. The first-order valence-electron chi connectivity index (χ1n) is 5.16. The van der Waals surface area contributed by atoms with Crippen molar-refractivity contribution < 1.29 is 4.52 Å². The Morgan fingerprint density at radius 1 is 1.43 bits per heavy atom. The van der Waals surface area contributed by atoms with Crippen molar-refractivity contribution in [1.82, 2.24) is 15.5 Å². The molecule has 0 saturated heterocycles. The van der Waals surface area contributed by atoms with E-state index in [1.807, 2.05) is 0 Å². The SMILES string of the molecule is CCC(C)C(C)NCc1noc(C)n1. The van der Waals surface area contributed by atoms with Crippen molar-refractivity contribution in [3.8, 4) is 0 Å². The smallest absolute Gasteiger partial charge is 0.223 e. The van der Waals surface area contributed by atoms with Gasteiger partial charge in [-0.2, -0.15) is 4.98 Å². The first kappa shape index (κ1) is 11.2. The Kier molecular flexibility index (Phi) is 4.07. The highest BCUT2D eigenvalue weighted by Gasteiger charge is 2.10. The number of aromatic nitrogens is 2. The summed E-state index contributed by atoms with van der Waals surface area (Å²) < 4.78 is 4.88. The van der Waals surface area contributed by atoms with Crippen LogP contribution < -0.4 is 5.32 Å². The lowest BCUT2D eigenvalue weighted by atomic mass is 10.0. The van der Waals surface area contributed by atoms with Crippen molar-refractivity contribution >= 4 is 0 Å². The Morgan fingerprint density at radius 3 is 2.64 bits per heavy atom. The van der Waals surface area contributed by atoms with E-state index in [0.717, 1.165) is 5.82 Å². The average molecular weight is 197 g/mol. The van der Waals surface area contributed by atoms with Gasteiger partial charge in [0.15, 0.2) is 5.82 Å². The molecule has 0 saturated carbocycles. The van der Waals surface area contributed by atoms with Gasteiger partial charge in [0.1, 0.15) is 0 Å². The Labute approximate surface area is 85.1 Å². The van der Waals surface area contributed by atoms with Crippen molar-refractivity contribution in [2.45, 2.75) is 46.7 Å². The van der Waals surface area contributed by atoms with Gasteiger partial charge in [0.2, 0.25) is 5.89 Å². The summed E-state index contributed by atoms with van der Waals surface area (Å²) in [7, 11) is 0. The molecule has 0 bridgehead atoms. The predicted octanol–water partition coefficient (Wildman–Crippen LogP) is 1.90. The van der Waals surface area contributed by atoms with Gasteiger partial charge in [-0.3, -0.25) is 0 Å². The zero-order valence-corrected chi connectivity index (χ0v) is 9.37. The number of nitrogens with zero attached hydrogens (tertiary/aromatic N) is 2. The van der Waals surface area contributed by atoms with Gasteiger partial charge in [-0.15, -0.1) is 0 Å². The van der Waals surface area contributed by atoms with Crippen LogP contribution in [0.25, 0.3) is 0 Å². The minimum Gasteiger partial charge on any atom is -0.340 e. The van der Waals surface area contributed by atoms with Crippen LogP contribution in [0, 0.1) is 12.8 Å². The summed E-state index contributed by atoms with van der Waals surface area (Å²) >= 11 is 0. The molecule has 1 rings (SSSR count). The largest absolute Gasteiger partial charge is 0.340 e. The normalized spacial score (nSPS) is 15.4. The quantitative estimate of drug-likeness (QED) is 0.783. The van der Waals surface area contributed by atoms with Gasteiger partial charge in [-0.25, -0.2) is 0 Å². The van der Waals surface area contributed by atoms with E-state index in [-0.39, 0.29) is 0 Å². The van der Waals surface area contributed by atoms with Crippen LogP contribution in [0.15, 0.2) is 4.52 Å². The molecule has 1 aromatic heterocycles. The Morgan fingerprint density at radius 2 is 2.14 bits per heavy atom. The molecular weight excluding hydrogens is 178 g/mol. The van der Waals surface area contributed by atoms with E-state index in [0.29, 0.717) is 24.4 Å². The van der Waals surface area contributed by atoms with E-state index < -0.39 is 0 Å². The molecule has 0 spiro atoms. The molecular formula is C10H19N3O. The van der Waals surface area contributed by atoms with Gasteiger partial charge >= 0.3 is 0 Å². The highest BCUT2D eigenvalue weighted by Crippen LogP contribution is 2.07.